The van der Waals surface area contributed by atoms with Gasteiger partial charge in [-0.05, 0) is 37.8 Å². The minimum atomic E-state index is 1.22. The van der Waals surface area contributed by atoms with Gasteiger partial charge in [0.1, 0.15) is 0 Å². The van der Waals surface area contributed by atoms with E-state index in [-0.39, 0.29) is 0 Å². The van der Waals surface area contributed by atoms with Crippen molar-refractivity contribution in [3.05, 3.63) is 17.9 Å². The zero-order valence-electron chi connectivity index (χ0n) is 14.3. The highest BCUT2D eigenvalue weighted by molar-refractivity contribution is 4.84. The van der Waals surface area contributed by atoms with Crippen molar-refractivity contribution in [1.82, 2.24) is 0 Å². The summed E-state index contributed by atoms with van der Waals surface area (Å²) in [4.78, 5) is 0. The largest absolute Gasteiger partial charge is 0.130 e. The Morgan fingerprint density at radius 3 is 1.30 bits per heavy atom. The van der Waals surface area contributed by atoms with Crippen molar-refractivity contribution in [3.63, 3.8) is 0 Å². The standard InChI is InChI=1S/C20H38/c1-3-5-7-9-11-13-15-17-19-20-18-16-14-12-10-8-6-4-2/h13,17H,3-12,14,16,18-20H2,1-2H3. The van der Waals surface area contributed by atoms with E-state index in [9.17, 15) is 0 Å². The fraction of sp³-hybridized carbons (Fsp3) is 0.850. The van der Waals surface area contributed by atoms with Crippen molar-refractivity contribution in [2.24, 2.45) is 0 Å². The van der Waals surface area contributed by atoms with Crippen LogP contribution in [-0.4, -0.2) is 0 Å². The summed E-state index contributed by atoms with van der Waals surface area (Å²) in [6, 6.07) is 0. The SMILES string of the molecule is CCCCCCC=C=CCCCCCCCCCCC. The Kier molecular flexibility index (Phi) is 18.1. The van der Waals surface area contributed by atoms with Crippen molar-refractivity contribution in [1.29, 1.82) is 0 Å². The molecule has 0 aliphatic heterocycles. The summed E-state index contributed by atoms with van der Waals surface area (Å²) in [5.74, 6) is 0. The Labute approximate surface area is 128 Å². The molecular weight excluding hydrogens is 240 g/mol. The Balaban J connectivity index is 3.12. The number of hydrogen-bond donors (Lipinski definition) is 0. The summed E-state index contributed by atoms with van der Waals surface area (Å²) in [6.07, 6.45) is 25.1. The average Bonchev–Trinajstić information content (AvgIpc) is 2.47. The van der Waals surface area contributed by atoms with Crippen LogP contribution in [0.25, 0.3) is 0 Å². The molecule has 0 unspecified atom stereocenters. The molecule has 0 aliphatic rings. The van der Waals surface area contributed by atoms with Crippen LogP contribution in [0.3, 0.4) is 0 Å². The van der Waals surface area contributed by atoms with Crippen LogP contribution in [0.4, 0.5) is 0 Å². The molecule has 0 aliphatic carbocycles. The van der Waals surface area contributed by atoms with Crippen LogP contribution < -0.4 is 0 Å². The lowest BCUT2D eigenvalue weighted by Crippen LogP contribution is -1.80. The summed E-state index contributed by atoms with van der Waals surface area (Å²) in [5.41, 5.74) is 3.34. The molecule has 0 radical (unpaired) electrons. The first kappa shape index (κ1) is 19.5. The molecule has 0 aromatic carbocycles. The van der Waals surface area contributed by atoms with Gasteiger partial charge in [-0.3, -0.25) is 0 Å². The summed E-state index contributed by atoms with van der Waals surface area (Å²) >= 11 is 0. The maximum absolute atomic E-state index is 3.34. The molecule has 0 aromatic rings. The van der Waals surface area contributed by atoms with Crippen molar-refractivity contribution < 1.29 is 0 Å². The zero-order valence-corrected chi connectivity index (χ0v) is 14.3. The van der Waals surface area contributed by atoms with Crippen LogP contribution in [0.5, 0.6) is 0 Å². The van der Waals surface area contributed by atoms with E-state index in [4.69, 9.17) is 0 Å². The quantitative estimate of drug-likeness (QED) is 0.214. The average molecular weight is 279 g/mol. The molecule has 0 atom stereocenters. The Bertz CT molecular complexity index is 220. The van der Waals surface area contributed by atoms with Crippen LogP contribution in [0.2, 0.25) is 0 Å². The summed E-state index contributed by atoms with van der Waals surface area (Å²) in [7, 11) is 0. The molecule has 20 heavy (non-hydrogen) atoms. The molecule has 0 nitrogen and oxygen atoms in total. The van der Waals surface area contributed by atoms with E-state index in [1.54, 1.807) is 0 Å². The number of allylic oxidation sites excluding steroid dienone is 1. The van der Waals surface area contributed by atoms with Crippen molar-refractivity contribution in [2.45, 2.75) is 110 Å². The predicted octanol–water partition coefficient (Wildman–Crippen LogP) is 7.59. The van der Waals surface area contributed by atoms with Gasteiger partial charge in [0.2, 0.25) is 0 Å². The van der Waals surface area contributed by atoms with Crippen LogP contribution in [-0.2, 0) is 0 Å². The van der Waals surface area contributed by atoms with Gasteiger partial charge in [-0.25, -0.2) is 0 Å². The summed E-state index contributed by atoms with van der Waals surface area (Å²) in [6.45, 7) is 4.55. The molecule has 0 fully saturated rings. The van der Waals surface area contributed by atoms with Crippen LogP contribution in [0.15, 0.2) is 17.9 Å². The second kappa shape index (κ2) is 18.5. The summed E-state index contributed by atoms with van der Waals surface area (Å²) < 4.78 is 0. The lowest BCUT2D eigenvalue weighted by atomic mass is 10.1. The summed E-state index contributed by atoms with van der Waals surface area (Å²) in [5, 5.41) is 0. The van der Waals surface area contributed by atoms with Crippen molar-refractivity contribution in [2.75, 3.05) is 0 Å². The third-order valence-corrected chi connectivity index (χ3v) is 3.89. The maximum Gasteiger partial charge on any atom is -0.0274 e. The molecule has 0 rings (SSSR count). The van der Waals surface area contributed by atoms with Crippen LogP contribution in [0.1, 0.15) is 110 Å². The first-order valence-electron chi connectivity index (χ1n) is 9.31. The van der Waals surface area contributed by atoms with Gasteiger partial charge in [0.15, 0.2) is 0 Å². The minimum Gasteiger partial charge on any atom is -0.130 e. The normalized spacial score (nSPS) is 10.3. The molecule has 0 bridgehead atoms. The van der Waals surface area contributed by atoms with E-state index >= 15 is 0 Å². The third-order valence-electron chi connectivity index (χ3n) is 3.89. The molecule has 0 saturated carbocycles. The van der Waals surface area contributed by atoms with Gasteiger partial charge < -0.3 is 0 Å². The van der Waals surface area contributed by atoms with Crippen molar-refractivity contribution in [3.8, 4) is 0 Å². The molecule has 0 amide bonds. The molecular formula is C20H38. The van der Waals surface area contributed by atoms with Gasteiger partial charge in [-0.1, -0.05) is 84.5 Å². The van der Waals surface area contributed by atoms with Gasteiger partial charge in [-0.15, -0.1) is 5.73 Å². The van der Waals surface area contributed by atoms with E-state index in [1.165, 1.54) is 96.3 Å². The topological polar surface area (TPSA) is 0 Å². The second-order valence-corrected chi connectivity index (χ2v) is 6.04. The third kappa shape index (κ3) is 17.5. The van der Waals surface area contributed by atoms with E-state index in [2.05, 4.69) is 31.7 Å². The highest BCUT2D eigenvalue weighted by Crippen LogP contribution is 2.10. The first-order valence-corrected chi connectivity index (χ1v) is 9.31. The van der Waals surface area contributed by atoms with Gasteiger partial charge in [-0.2, -0.15) is 0 Å². The first-order chi connectivity index (χ1) is 9.91. The van der Waals surface area contributed by atoms with E-state index in [1.807, 2.05) is 0 Å². The fourth-order valence-electron chi connectivity index (χ4n) is 2.48. The van der Waals surface area contributed by atoms with Crippen LogP contribution in [0, 0.1) is 0 Å². The fourth-order valence-corrected chi connectivity index (χ4v) is 2.48. The Hall–Kier alpha value is -0.480. The number of rotatable bonds is 15. The lowest BCUT2D eigenvalue weighted by Gasteiger charge is -2.00. The van der Waals surface area contributed by atoms with E-state index in [0.29, 0.717) is 0 Å². The lowest BCUT2D eigenvalue weighted by molar-refractivity contribution is 0.566. The number of unbranched alkanes of at least 4 members (excludes halogenated alkanes) is 13. The highest BCUT2D eigenvalue weighted by Gasteiger charge is 1.90. The monoisotopic (exact) mass is 278 g/mol. The zero-order chi connectivity index (χ0) is 14.7. The van der Waals surface area contributed by atoms with Gasteiger partial charge >= 0.3 is 0 Å². The Morgan fingerprint density at radius 2 is 0.850 bits per heavy atom. The number of hydrogen-bond acceptors (Lipinski definition) is 0. The maximum atomic E-state index is 3.34. The second-order valence-electron chi connectivity index (χ2n) is 6.04. The molecule has 0 heteroatoms. The predicted molar refractivity (Wildman–Crippen MR) is 93.3 cm³/mol. The van der Waals surface area contributed by atoms with Gasteiger partial charge in [0, 0.05) is 0 Å². The molecule has 0 N–H and O–H groups in total. The molecule has 0 heterocycles. The molecule has 118 valence electrons. The van der Waals surface area contributed by atoms with E-state index in [0.717, 1.165) is 0 Å². The van der Waals surface area contributed by atoms with Crippen molar-refractivity contribution >= 4 is 0 Å². The highest BCUT2D eigenvalue weighted by atomic mass is 14.0. The minimum absolute atomic E-state index is 1.22. The smallest absolute Gasteiger partial charge is 0.0274 e. The van der Waals surface area contributed by atoms with E-state index < -0.39 is 0 Å². The molecule has 0 spiro atoms. The van der Waals surface area contributed by atoms with Gasteiger partial charge in [0.05, 0.1) is 0 Å². The van der Waals surface area contributed by atoms with Gasteiger partial charge in [0.25, 0.3) is 0 Å². The Morgan fingerprint density at radius 1 is 0.500 bits per heavy atom. The van der Waals surface area contributed by atoms with Crippen LogP contribution >= 0.6 is 0 Å². The molecule has 0 aromatic heterocycles. The molecule has 0 saturated heterocycles.